The molecule has 0 aliphatic rings. The van der Waals surface area contributed by atoms with Crippen LogP contribution in [0.2, 0.25) is 0 Å². The first-order valence-electron chi connectivity index (χ1n) is 3.72. The molecule has 0 amide bonds. The van der Waals surface area contributed by atoms with E-state index in [1.807, 2.05) is 31.2 Å². The predicted octanol–water partition coefficient (Wildman–Crippen LogP) is 1.38. The maximum Gasteiger partial charge on any atom is 0.154 e. The molecule has 0 spiro atoms. The van der Waals surface area contributed by atoms with Crippen LogP contribution in [0.25, 0.3) is 5.82 Å². The summed E-state index contributed by atoms with van der Waals surface area (Å²) in [6.45, 7) is 1.93. The molecule has 0 atom stereocenters. The Bertz CT molecular complexity index is 364. The average molecular weight is 158 g/mol. The summed E-state index contributed by atoms with van der Waals surface area (Å²) in [7, 11) is 0. The number of hydrogen-bond acceptors (Lipinski definition) is 2. The third-order valence-electron chi connectivity index (χ3n) is 1.52. The summed E-state index contributed by atoms with van der Waals surface area (Å²) in [5.74, 6) is 0.797. The van der Waals surface area contributed by atoms with E-state index in [1.54, 1.807) is 10.9 Å². The lowest BCUT2D eigenvalue weighted by atomic mass is 10.5. The van der Waals surface area contributed by atoms with Crippen molar-refractivity contribution in [1.29, 1.82) is 0 Å². The predicted molar refractivity (Wildman–Crippen MR) is 44.9 cm³/mol. The number of nitrogens with zero attached hydrogens (tertiary/aromatic N) is 3. The van der Waals surface area contributed by atoms with Gasteiger partial charge in [-0.2, -0.15) is 5.10 Å². The van der Waals surface area contributed by atoms with E-state index >= 15 is 0 Å². The Morgan fingerprint density at radius 3 is 2.92 bits per heavy atom. The molecule has 59 valence electrons. The molecular weight excluding hydrogens is 150 g/mol. The molecule has 0 fully saturated rings. The van der Waals surface area contributed by atoms with Crippen LogP contribution in [0.3, 0.4) is 0 Å². The van der Waals surface area contributed by atoms with Crippen molar-refractivity contribution in [2.24, 2.45) is 0 Å². The first kappa shape index (κ1) is 7.03. The zero-order valence-electron chi connectivity index (χ0n) is 6.73. The fraction of sp³-hybridized carbons (Fsp3) is 0.111. The molecule has 3 heteroatoms. The quantitative estimate of drug-likeness (QED) is 0.627. The van der Waals surface area contributed by atoms with Crippen molar-refractivity contribution in [3.63, 3.8) is 0 Å². The number of rotatable bonds is 1. The Balaban J connectivity index is 2.45. The minimum absolute atomic E-state index is 0.797. The first-order chi connectivity index (χ1) is 5.86. The lowest BCUT2D eigenvalue weighted by Crippen LogP contribution is -1.97. The van der Waals surface area contributed by atoms with Crippen molar-refractivity contribution in [2.45, 2.75) is 6.92 Å². The lowest BCUT2D eigenvalue weighted by molar-refractivity contribution is 0.827. The second kappa shape index (κ2) is 2.77. The molecule has 0 bridgehead atoms. The normalized spacial score (nSPS) is 10.1. The van der Waals surface area contributed by atoms with Gasteiger partial charge in [0, 0.05) is 6.20 Å². The van der Waals surface area contributed by atoms with Crippen LogP contribution in [0.15, 0.2) is 30.5 Å². The second-order valence-electron chi connectivity index (χ2n) is 2.51. The van der Waals surface area contributed by atoms with Crippen LogP contribution in [0.5, 0.6) is 0 Å². The van der Waals surface area contributed by atoms with Gasteiger partial charge in [0.25, 0.3) is 0 Å². The Hall–Kier alpha value is -1.64. The number of aryl methyl sites for hydroxylation is 1. The van der Waals surface area contributed by atoms with Gasteiger partial charge in [0.15, 0.2) is 5.82 Å². The van der Waals surface area contributed by atoms with Gasteiger partial charge in [-0.3, -0.25) is 0 Å². The van der Waals surface area contributed by atoms with Gasteiger partial charge in [-0.15, -0.1) is 0 Å². The highest BCUT2D eigenvalue weighted by Crippen LogP contribution is 2.01. The van der Waals surface area contributed by atoms with Crippen LogP contribution in [0.4, 0.5) is 0 Å². The molecule has 0 aliphatic heterocycles. The Morgan fingerprint density at radius 1 is 1.42 bits per heavy atom. The molecule has 0 saturated heterocycles. The van der Waals surface area contributed by atoms with Crippen LogP contribution in [-0.4, -0.2) is 14.8 Å². The molecule has 2 heterocycles. The van der Waals surface area contributed by atoms with Crippen molar-refractivity contribution in [3.05, 3.63) is 42.4 Å². The van der Waals surface area contributed by atoms with Gasteiger partial charge in [-0.05, 0) is 25.1 Å². The van der Waals surface area contributed by atoms with E-state index in [0.717, 1.165) is 11.5 Å². The topological polar surface area (TPSA) is 30.7 Å². The Morgan fingerprint density at radius 2 is 2.33 bits per heavy atom. The summed E-state index contributed by atoms with van der Waals surface area (Å²) < 4.78 is 1.63. The minimum atomic E-state index is 0.797. The molecular formula is C9H8N3. The van der Waals surface area contributed by atoms with Gasteiger partial charge >= 0.3 is 0 Å². The molecule has 2 aromatic heterocycles. The Kier molecular flexibility index (Phi) is 1.63. The van der Waals surface area contributed by atoms with Crippen molar-refractivity contribution in [2.75, 3.05) is 0 Å². The van der Waals surface area contributed by atoms with Crippen molar-refractivity contribution in [1.82, 2.24) is 14.8 Å². The van der Waals surface area contributed by atoms with Crippen LogP contribution in [0.1, 0.15) is 5.69 Å². The molecule has 0 N–H and O–H groups in total. The summed E-state index contributed by atoms with van der Waals surface area (Å²) in [5, 5.41) is 4.18. The number of aromatic nitrogens is 3. The molecule has 12 heavy (non-hydrogen) atoms. The molecule has 3 nitrogen and oxygen atoms in total. The van der Waals surface area contributed by atoms with E-state index in [9.17, 15) is 0 Å². The second-order valence-corrected chi connectivity index (χ2v) is 2.51. The van der Waals surface area contributed by atoms with E-state index in [1.165, 1.54) is 0 Å². The minimum Gasteiger partial charge on any atom is -0.237 e. The highest BCUT2D eigenvalue weighted by Gasteiger charge is 1.96. The van der Waals surface area contributed by atoms with Crippen molar-refractivity contribution >= 4 is 0 Å². The number of pyridine rings is 1. The smallest absolute Gasteiger partial charge is 0.154 e. The van der Waals surface area contributed by atoms with E-state index in [0.29, 0.717) is 0 Å². The van der Waals surface area contributed by atoms with Crippen molar-refractivity contribution < 1.29 is 0 Å². The third-order valence-corrected chi connectivity index (χ3v) is 1.52. The van der Waals surface area contributed by atoms with E-state index < -0.39 is 0 Å². The zero-order chi connectivity index (χ0) is 8.39. The maximum atomic E-state index is 4.18. The zero-order valence-corrected chi connectivity index (χ0v) is 6.73. The van der Waals surface area contributed by atoms with Crippen LogP contribution in [-0.2, 0) is 0 Å². The van der Waals surface area contributed by atoms with E-state index in [4.69, 9.17) is 0 Å². The summed E-state index contributed by atoms with van der Waals surface area (Å²) in [4.78, 5) is 4.13. The summed E-state index contributed by atoms with van der Waals surface area (Å²) >= 11 is 0. The van der Waals surface area contributed by atoms with Crippen molar-refractivity contribution in [3.8, 4) is 5.82 Å². The van der Waals surface area contributed by atoms with Gasteiger partial charge in [-0.1, -0.05) is 6.07 Å². The monoisotopic (exact) mass is 158 g/mol. The summed E-state index contributed by atoms with van der Waals surface area (Å²) in [6.07, 6.45) is 4.70. The molecule has 0 unspecified atom stereocenters. The van der Waals surface area contributed by atoms with Crippen LogP contribution >= 0.6 is 0 Å². The molecule has 0 saturated carbocycles. The SMILES string of the molecule is Cc1c[c]n(-c2ccccn2)n1. The number of hydrogen-bond donors (Lipinski definition) is 0. The molecule has 2 aromatic rings. The summed E-state index contributed by atoms with van der Waals surface area (Å²) in [5.41, 5.74) is 0.945. The standard InChI is InChI=1S/C9H8N3/c1-8-5-7-12(11-8)9-4-2-3-6-10-9/h2-6H,1H3. The van der Waals surface area contributed by atoms with E-state index in [2.05, 4.69) is 16.3 Å². The van der Waals surface area contributed by atoms with Crippen LogP contribution in [0, 0.1) is 13.1 Å². The van der Waals surface area contributed by atoms with Gasteiger partial charge in [-0.25, -0.2) is 9.67 Å². The third kappa shape index (κ3) is 1.21. The lowest BCUT2D eigenvalue weighted by Gasteiger charge is -1.96. The maximum absolute atomic E-state index is 4.18. The highest BCUT2D eigenvalue weighted by atomic mass is 15.3. The average Bonchev–Trinajstić information content (AvgIpc) is 2.54. The largest absolute Gasteiger partial charge is 0.237 e. The highest BCUT2D eigenvalue weighted by molar-refractivity contribution is 5.20. The van der Waals surface area contributed by atoms with E-state index in [-0.39, 0.29) is 0 Å². The molecule has 0 aliphatic carbocycles. The van der Waals surface area contributed by atoms with Crippen LogP contribution < -0.4 is 0 Å². The molecule has 2 rings (SSSR count). The first-order valence-corrected chi connectivity index (χ1v) is 3.72. The fourth-order valence-corrected chi connectivity index (χ4v) is 0.966. The van der Waals surface area contributed by atoms with Gasteiger partial charge in [0.05, 0.1) is 11.9 Å². The molecule has 0 aromatic carbocycles. The molecule has 1 radical (unpaired) electrons. The fourth-order valence-electron chi connectivity index (χ4n) is 0.966. The summed E-state index contributed by atoms with van der Waals surface area (Å²) in [6, 6.07) is 7.52. The van der Waals surface area contributed by atoms with Gasteiger partial charge in [0.1, 0.15) is 0 Å². The Labute approximate surface area is 70.7 Å². The van der Waals surface area contributed by atoms with Gasteiger partial charge < -0.3 is 0 Å². The van der Waals surface area contributed by atoms with Gasteiger partial charge in [0.2, 0.25) is 0 Å².